The molecule has 2 aliphatic carbocycles. The highest BCUT2D eigenvalue weighted by molar-refractivity contribution is 7.21. The first-order chi connectivity index (χ1) is 15.4. The zero-order valence-corrected chi connectivity index (χ0v) is 18.4. The Balaban J connectivity index is 1.54. The molecule has 3 aromatic rings. The summed E-state index contributed by atoms with van der Waals surface area (Å²) in [4.78, 5) is 17.8. The van der Waals surface area contributed by atoms with Crippen LogP contribution in [0.2, 0.25) is 0 Å². The average Bonchev–Trinajstić information content (AvgIpc) is 3.44. The second-order valence-corrected chi connectivity index (χ2v) is 9.62. The number of aryl methyl sites for hydroxylation is 1. The van der Waals surface area contributed by atoms with Crippen molar-refractivity contribution in [2.24, 2.45) is 11.8 Å². The van der Waals surface area contributed by atoms with Crippen LogP contribution in [0.4, 0.5) is 11.8 Å². The van der Waals surface area contributed by atoms with Gasteiger partial charge in [0.25, 0.3) is 0 Å². The third kappa shape index (κ3) is 3.96. The molecule has 0 saturated heterocycles. The van der Waals surface area contributed by atoms with Gasteiger partial charge < -0.3 is 31.1 Å². The lowest BCUT2D eigenvalue weighted by Crippen LogP contribution is -2.35. The number of aliphatic hydroxyl groups excluding tert-OH is 3. The summed E-state index contributed by atoms with van der Waals surface area (Å²) < 4.78 is 0.783. The molecule has 2 fully saturated rings. The van der Waals surface area contributed by atoms with E-state index in [1.807, 2.05) is 6.92 Å². The number of nitrogens with one attached hydrogen (secondary N) is 2. The monoisotopic (exact) mass is 458 g/mol. The van der Waals surface area contributed by atoms with E-state index in [0.717, 1.165) is 11.2 Å². The standard InChI is InChI=1S/C21H26N6O4S/c1-9-14(20-26-15-13(32-20)4-5-22-19(15)31)18(27-21(24-9)23-7-10-2-3-10)25-12-6-11(8-28)16(29)17(12)30/h4-5,10-12,16-17,28-30H,2-3,6-8H2,1H3,(H,22,31)(H2,23,24,25,27)/t11-,12-,16-,17+/m1/s1. The molecule has 6 N–H and O–H groups in total. The molecule has 0 radical (unpaired) electrons. The van der Waals surface area contributed by atoms with Crippen LogP contribution in [0.1, 0.15) is 25.0 Å². The summed E-state index contributed by atoms with van der Waals surface area (Å²) in [6, 6.07) is 1.30. The number of thiazole rings is 1. The van der Waals surface area contributed by atoms with Crippen molar-refractivity contribution in [3.05, 3.63) is 18.0 Å². The Labute approximate surface area is 188 Å². The zero-order chi connectivity index (χ0) is 22.4. The minimum Gasteiger partial charge on any atom is -0.492 e. The third-order valence-electron chi connectivity index (χ3n) is 6.20. The number of pyridine rings is 1. The topological polar surface area (TPSA) is 157 Å². The molecule has 3 heterocycles. The Morgan fingerprint density at radius 3 is 2.66 bits per heavy atom. The lowest BCUT2D eigenvalue weighted by Gasteiger charge is -2.21. The van der Waals surface area contributed by atoms with Crippen molar-refractivity contribution in [1.29, 1.82) is 0 Å². The Morgan fingerprint density at radius 1 is 1.16 bits per heavy atom. The van der Waals surface area contributed by atoms with Gasteiger partial charge in [0.2, 0.25) is 11.8 Å². The van der Waals surface area contributed by atoms with Crippen molar-refractivity contribution in [3.8, 4) is 16.5 Å². The molecule has 0 aromatic carbocycles. The summed E-state index contributed by atoms with van der Waals surface area (Å²) in [6.45, 7) is 2.46. The van der Waals surface area contributed by atoms with Crippen LogP contribution < -0.4 is 10.6 Å². The molecule has 0 unspecified atom stereocenters. The number of anilines is 2. The number of nitrogens with zero attached hydrogens (tertiary/aromatic N) is 4. The fourth-order valence-electron chi connectivity index (χ4n) is 4.14. The second kappa shape index (κ2) is 8.39. The quantitative estimate of drug-likeness (QED) is 0.307. The predicted molar refractivity (Wildman–Crippen MR) is 121 cm³/mol. The van der Waals surface area contributed by atoms with E-state index in [1.165, 1.54) is 30.4 Å². The van der Waals surface area contributed by atoms with Crippen LogP contribution in [0.15, 0.2) is 12.3 Å². The smallest absolute Gasteiger partial charge is 0.238 e. The molecule has 11 heteroatoms. The van der Waals surface area contributed by atoms with E-state index in [-0.39, 0.29) is 12.5 Å². The molecule has 2 saturated carbocycles. The SMILES string of the molecule is Cc1nc(NCC2CC2)nc(N[C@@H]2C[C@H](CO)[C@@H](O)[C@H]2O)c1-c1nc2c(O)nccc2s1. The van der Waals surface area contributed by atoms with Crippen LogP contribution in [0.3, 0.4) is 0 Å². The third-order valence-corrected chi connectivity index (χ3v) is 7.23. The molecule has 170 valence electrons. The molecule has 5 rings (SSSR count). The predicted octanol–water partition coefficient (Wildman–Crippen LogP) is 1.50. The highest BCUT2D eigenvalue weighted by atomic mass is 32.1. The Morgan fingerprint density at radius 2 is 1.97 bits per heavy atom. The van der Waals surface area contributed by atoms with Crippen LogP contribution in [0, 0.1) is 18.8 Å². The molecule has 4 atom stereocenters. The Kier molecular flexibility index (Phi) is 5.58. The molecule has 0 amide bonds. The average molecular weight is 459 g/mol. The van der Waals surface area contributed by atoms with Gasteiger partial charge in [0, 0.05) is 25.3 Å². The van der Waals surface area contributed by atoms with E-state index >= 15 is 0 Å². The maximum Gasteiger partial charge on any atom is 0.238 e. The zero-order valence-electron chi connectivity index (χ0n) is 17.6. The van der Waals surface area contributed by atoms with Crippen LogP contribution in [0.25, 0.3) is 20.8 Å². The lowest BCUT2D eigenvalue weighted by atomic mass is 10.1. The van der Waals surface area contributed by atoms with Crippen LogP contribution >= 0.6 is 11.3 Å². The molecule has 0 spiro atoms. The van der Waals surface area contributed by atoms with Gasteiger partial charge in [-0.3, -0.25) is 0 Å². The highest BCUT2D eigenvalue weighted by Crippen LogP contribution is 2.39. The van der Waals surface area contributed by atoms with E-state index in [1.54, 1.807) is 6.07 Å². The number of fused-ring (bicyclic) bond motifs is 1. The van der Waals surface area contributed by atoms with Gasteiger partial charge in [-0.1, -0.05) is 0 Å². The lowest BCUT2D eigenvalue weighted by molar-refractivity contribution is 0.00446. The van der Waals surface area contributed by atoms with E-state index in [9.17, 15) is 20.4 Å². The van der Waals surface area contributed by atoms with Crippen molar-refractivity contribution in [1.82, 2.24) is 19.9 Å². The second-order valence-electron chi connectivity index (χ2n) is 8.59. The molecule has 32 heavy (non-hydrogen) atoms. The normalized spacial score (nSPS) is 25.4. The molecule has 0 bridgehead atoms. The van der Waals surface area contributed by atoms with Gasteiger partial charge in [-0.15, -0.1) is 11.3 Å². The number of hydrogen-bond donors (Lipinski definition) is 6. The number of rotatable bonds is 7. The van der Waals surface area contributed by atoms with Gasteiger partial charge in [-0.25, -0.2) is 15.0 Å². The first-order valence-electron chi connectivity index (χ1n) is 10.8. The maximum absolute atomic E-state index is 10.5. The first kappa shape index (κ1) is 21.3. The van der Waals surface area contributed by atoms with E-state index in [0.29, 0.717) is 45.9 Å². The number of aromatic nitrogens is 4. The van der Waals surface area contributed by atoms with Crippen molar-refractivity contribution < 1.29 is 20.4 Å². The maximum atomic E-state index is 10.5. The summed E-state index contributed by atoms with van der Waals surface area (Å²) in [5.74, 6) is 1.06. The summed E-state index contributed by atoms with van der Waals surface area (Å²) in [5.41, 5.74) is 1.77. The minimum atomic E-state index is -1.04. The Hall–Kier alpha value is -2.60. The van der Waals surface area contributed by atoms with Crippen LogP contribution in [-0.4, -0.2) is 71.8 Å². The fourth-order valence-corrected chi connectivity index (χ4v) is 5.20. The van der Waals surface area contributed by atoms with Crippen LogP contribution in [-0.2, 0) is 0 Å². The Bertz CT molecular complexity index is 1140. The van der Waals surface area contributed by atoms with E-state index < -0.39 is 24.2 Å². The van der Waals surface area contributed by atoms with Crippen molar-refractivity contribution >= 4 is 33.3 Å². The molecule has 0 aliphatic heterocycles. The van der Waals surface area contributed by atoms with Gasteiger partial charge in [0.05, 0.1) is 28.1 Å². The van der Waals surface area contributed by atoms with Crippen LogP contribution in [0.5, 0.6) is 5.88 Å². The largest absolute Gasteiger partial charge is 0.492 e. The molecular weight excluding hydrogens is 432 g/mol. The van der Waals surface area contributed by atoms with Crippen molar-refractivity contribution in [2.75, 3.05) is 23.8 Å². The number of hydrogen-bond acceptors (Lipinski definition) is 11. The fraction of sp³-hybridized carbons (Fsp3) is 0.524. The molecular formula is C21H26N6O4S. The van der Waals surface area contributed by atoms with Crippen molar-refractivity contribution in [2.45, 2.75) is 44.4 Å². The van der Waals surface area contributed by atoms with Gasteiger partial charge >= 0.3 is 0 Å². The first-order valence-corrected chi connectivity index (χ1v) is 11.6. The molecule has 3 aromatic heterocycles. The summed E-state index contributed by atoms with van der Waals surface area (Å²) >= 11 is 1.39. The van der Waals surface area contributed by atoms with E-state index in [4.69, 9.17) is 0 Å². The summed E-state index contributed by atoms with van der Waals surface area (Å²) in [7, 11) is 0. The van der Waals surface area contributed by atoms with E-state index in [2.05, 4.69) is 30.6 Å². The number of aromatic hydroxyl groups is 1. The molecule has 2 aliphatic rings. The summed E-state index contributed by atoms with van der Waals surface area (Å²) in [6.07, 6.45) is 2.28. The van der Waals surface area contributed by atoms with Gasteiger partial charge in [0.15, 0.2) is 0 Å². The minimum absolute atomic E-state index is 0.138. The van der Waals surface area contributed by atoms with Gasteiger partial charge in [-0.2, -0.15) is 4.98 Å². The van der Waals surface area contributed by atoms with Gasteiger partial charge in [-0.05, 0) is 38.2 Å². The van der Waals surface area contributed by atoms with Crippen molar-refractivity contribution in [3.63, 3.8) is 0 Å². The number of aliphatic hydroxyl groups is 3. The summed E-state index contributed by atoms with van der Waals surface area (Å²) in [5, 5.41) is 47.5. The molecule has 10 nitrogen and oxygen atoms in total. The van der Waals surface area contributed by atoms with Gasteiger partial charge in [0.1, 0.15) is 22.4 Å². The highest BCUT2D eigenvalue weighted by Gasteiger charge is 2.41.